The lowest BCUT2D eigenvalue weighted by Crippen LogP contribution is -2.35. The van der Waals surface area contributed by atoms with Gasteiger partial charge >= 0.3 is 5.97 Å². The van der Waals surface area contributed by atoms with E-state index >= 15 is 0 Å². The molecule has 0 fully saturated rings. The lowest BCUT2D eigenvalue weighted by molar-refractivity contribution is 0.00114. The van der Waals surface area contributed by atoms with Crippen LogP contribution >= 0.6 is 0 Å². The topological polar surface area (TPSA) is 89.5 Å². The number of methoxy groups -OCH3 is 1. The summed E-state index contributed by atoms with van der Waals surface area (Å²) in [4.78, 5) is 25.3. The first-order valence-electron chi connectivity index (χ1n) is 12.9. The van der Waals surface area contributed by atoms with Crippen LogP contribution in [0.25, 0.3) is 0 Å². The Bertz CT molecular complexity index is 1300. The monoisotopic (exact) mass is 568 g/mol. The quantitative estimate of drug-likeness (QED) is 0.0887. The summed E-state index contributed by atoms with van der Waals surface area (Å²) in [5.74, 6) is -0.339. The molecule has 0 N–H and O–H groups in total. The largest absolute Gasteiger partial charge is 0.492 e. The molecule has 1 aliphatic rings. The predicted molar refractivity (Wildman–Crippen MR) is 148 cm³/mol. The number of benzene rings is 3. The van der Waals surface area contributed by atoms with Gasteiger partial charge in [0.1, 0.15) is 35.8 Å². The second-order valence-electron chi connectivity index (χ2n) is 10.2. The van der Waals surface area contributed by atoms with E-state index in [0.29, 0.717) is 47.2 Å². The normalized spacial score (nSPS) is 16.4. The van der Waals surface area contributed by atoms with E-state index in [4.69, 9.17) is 28.1 Å². The van der Waals surface area contributed by atoms with Gasteiger partial charge in [-0.2, -0.15) is 0 Å². The smallest absolute Gasteiger partial charge is 0.337 e. The van der Waals surface area contributed by atoms with E-state index in [-0.39, 0.29) is 19.2 Å². The molecule has 0 bridgehead atoms. The molecule has 2 unspecified atom stereocenters. The molecule has 3 aromatic rings. The molecule has 2 atom stereocenters. The molecule has 1 heterocycles. The SMILES string of the molecule is COC(=O)c1ccc(OC2c3ccc(OCOCCO[Si](C)(C)C)cc3OCC2C(=O)c2ccc(F)cc2)cc1. The molecule has 1 aliphatic heterocycles. The van der Waals surface area contributed by atoms with Gasteiger partial charge in [-0.15, -0.1) is 0 Å². The van der Waals surface area contributed by atoms with E-state index < -0.39 is 32.1 Å². The fraction of sp³-hybridized carbons (Fsp3) is 0.333. The average molecular weight is 569 g/mol. The Morgan fingerprint density at radius 3 is 2.27 bits per heavy atom. The number of Topliss-reactive ketones (excluding diaryl/α,β-unsaturated/α-hetero) is 1. The molecule has 212 valence electrons. The van der Waals surface area contributed by atoms with Crippen molar-refractivity contribution in [2.45, 2.75) is 25.7 Å². The van der Waals surface area contributed by atoms with Gasteiger partial charge in [-0.1, -0.05) is 0 Å². The van der Waals surface area contributed by atoms with Gasteiger partial charge in [0.05, 0.1) is 31.8 Å². The Morgan fingerprint density at radius 2 is 1.60 bits per heavy atom. The van der Waals surface area contributed by atoms with Crippen molar-refractivity contribution < 1.29 is 42.1 Å². The first-order valence-corrected chi connectivity index (χ1v) is 16.3. The van der Waals surface area contributed by atoms with Crippen molar-refractivity contribution >= 4 is 20.1 Å². The summed E-state index contributed by atoms with van der Waals surface area (Å²) in [6.45, 7) is 7.36. The number of hydrogen-bond donors (Lipinski definition) is 0. The maximum absolute atomic E-state index is 13.5. The van der Waals surface area contributed by atoms with Crippen molar-refractivity contribution in [3.63, 3.8) is 0 Å². The number of rotatable bonds is 12. The van der Waals surface area contributed by atoms with Crippen LogP contribution in [0.1, 0.15) is 32.4 Å². The highest BCUT2D eigenvalue weighted by Gasteiger charge is 2.38. The number of esters is 1. The Morgan fingerprint density at radius 1 is 0.925 bits per heavy atom. The number of halogens is 1. The average Bonchev–Trinajstić information content (AvgIpc) is 2.94. The molecule has 0 amide bonds. The van der Waals surface area contributed by atoms with Crippen LogP contribution in [0.4, 0.5) is 4.39 Å². The van der Waals surface area contributed by atoms with Crippen LogP contribution in [0, 0.1) is 11.7 Å². The molecule has 0 saturated carbocycles. The summed E-state index contributed by atoms with van der Waals surface area (Å²) in [6, 6.07) is 17.1. The maximum atomic E-state index is 13.5. The molecule has 4 rings (SSSR count). The molecule has 3 aromatic carbocycles. The van der Waals surface area contributed by atoms with Crippen LogP contribution in [0.3, 0.4) is 0 Å². The van der Waals surface area contributed by atoms with Gasteiger partial charge < -0.3 is 28.1 Å². The molecular weight excluding hydrogens is 535 g/mol. The molecule has 0 radical (unpaired) electrons. The zero-order valence-corrected chi connectivity index (χ0v) is 24.0. The number of fused-ring (bicyclic) bond motifs is 1. The molecule has 0 saturated heterocycles. The fourth-order valence-electron chi connectivity index (χ4n) is 4.14. The van der Waals surface area contributed by atoms with Crippen LogP contribution in [0.15, 0.2) is 66.7 Å². The standard InChI is InChI=1S/C30H33FO8Si/c1-34-30(33)21-7-11-23(12-8-21)39-29-25-14-13-24(37-19-35-15-16-38-40(2,3)4)17-27(25)36-18-26(29)28(32)20-5-9-22(31)10-6-20/h5-14,17,26,29H,15-16,18-19H2,1-4H3. The van der Waals surface area contributed by atoms with E-state index in [0.717, 1.165) is 0 Å². The van der Waals surface area contributed by atoms with Crippen LogP contribution in [0.5, 0.6) is 17.2 Å². The van der Waals surface area contributed by atoms with Gasteiger partial charge in [-0.25, -0.2) is 9.18 Å². The summed E-state index contributed by atoms with van der Waals surface area (Å²) in [6.07, 6.45) is -0.714. The predicted octanol–water partition coefficient (Wildman–Crippen LogP) is 5.83. The third-order valence-corrected chi connectivity index (χ3v) is 7.22. The van der Waals surface area contributed by atoms with Crippen molar-refractivity contribution in [1.29, 1.82) is 0 Å². The van der Waals surface area contributed by atoms with Crippen LogP contribution in [0.2, 0.25) is 19.6 Å². The van der Waals surface area contributed by atoms with Crippen molar-refractivity contribution in [3.05, 3.63) is 89.2 Å². The molecule has 40 heavy (non-hydrogen) atoms. The zero-order valence-electron chi connectivity index (χ0n) is 23.0. The molecule has 0 aliphatic carbocycles. The van der Waals surface area contributed by atoms with Gasteiger partial charge in [0.25, 0.3) is 0 Å². The van der Waals surface area contributed by atoms with Crippen LogP contribution in [-0.4, -0.2) is 53.8 Å². The summed E-state index contributed by atoms with van der Waals surface area (Å²) in [5.41, 5.74) is 1.38. The molecule has 0 spiro atoms. The highest BCUT2D eigenvalue weighted by molar-refractivity contribution is 6.69. The van der Waals surface area contributed by atoms with Gasteiger partial charge in [-0.3, -0.25) is 4.79 Å². The minimum Gasteiger partial charge on any atom is -0.492 e. The lowest BCUT2D eigenvalue weighted by Gasteiger charge is -2.33. The maximum Gasteiger partial charge on any atom is 0.337 e. The van der Waals surface area contributed by atoms with Crippen LogP contribution in [-0.2, 0) is 13.9 Å². The highest BCUT2D eigenvalue weighted by atomic mass is 28.4. The number of carbonyl (C=O) groups is 2. The minimum atomic E-state index is -1.59. The Labute approximate surface area is 234 Å². The van der Waals surface area contributed by atoms with E-state index in [9.17, 15) is 14.0 Å². The molecule has 10 heteroatoms. The molecular formula is C30H33FO8Si. The van der Waals surface area contributed by atoms with Gasteiger partial charge in [-0.05, 0) is 80.3 Å². The minimum absolute atomic E-state index is 0.0438. The number of ketones is 1. The van der Waals surface area contributed by atoms with Crippen molar-refractivity contribution in [3.8, 4) is 17.2 Å². The molecule has 8 nitrogen and oxygen atoms in total. The van der Waals surface area contributed by atoms with Crippen LogP contribution < -0.4 is 14.2 Å². The van der Waals surface area contributed by atoms with E-state index in [1.807, 2.05) is 0 Å². The van der Waals surface area contributed by atoms with Crippen molar-refractivity contribution in [2.75, 3.05) is 33.7 Å². The van der Waals surface area contributed by atoms with E-state index in [1.165, 1.54) is 31.4 Å². The summed E-state index contributed by atoms with van der Waals surface area (Å²) in [7, 11) is -0.281. The Balaban J connectivity index is 1.51. The molecule has 0 aromatic heterocycles. The summed E-state index contributed by atoms with van der Waals surface area (Å²) < 4.78 is 47.6. The lowest BCUT2D eigenvalue weighted by atomic mass is 9.86. The first-order chi connectivity index (χ1) is 19.1. The van der Waals surface area contributed by atoms with Gasteiger partial charge in [0.2, 0.25) is 0 Å². The zero-order chi connectivity index (χ0) is 28.7. The Hall–Kier alpha value is -3.73. The second kappa shape index (κ2) is 13.1. The highest BCUT2D eigenvalue weighted by Crippen LogP contribution is 2.41. The summed E-state index contributed by atoms with van der Waals surface area (Å²) >= 11 is 0. The Kier molecular flexibility index (Phi) is 9.57. The third kappa shape index (κ3) is 7.68. The van der Waals surface area contributed by atoms with Crippen molar-refractivity contribution in [2.24, 2.45) is 5.92 Å². The third-order valence-electron chi connectivity index (χ3n) is 6.15. The number of ether oxygens (including phenoxy) is 5. The number of hydrogen-bond acceptors (Lipinski definition) is 8. The van der Waals surface area contributed by atoms with E-state index in [2.05, 4.69) is 19.6 Å². The summed E-state index contributed by atoms with van der Waals surface area (Å²) in [5, 5.41) is 0. The van der Waals surface area contributed by atoms with Gasteiger partial charge in [0, 0.05) is 17.2 Å². The van der Waals surface area contributed by atoms with Gasteiger partial charge in [0.15, 0.2) is 20.9 Å². The number of carbonyl (C=O) groups excluding carboxylic acids is 2. The first kappa shape index (κ1) is 29.3. The van der Waals surface area contributed by atoms with Crippen molar-refractivity contribution in [1.82, 2.24) is 0 Å². The van der Waals surface area contributed by atoms with E-state index in [1.54, 1.807) is 42.5 Å². The second-order valence-corrected chi connectivity index (χ2v) is 14.7. The fourth-order valence-corrected chi connectivity index (χ4v) is 4.84.